The van der Waals surface area contributed by atoms with E-state index in [1.807, 2.05) is 0 Å². The van der Waals surface area contributed by atoms with Crippen molar-refractivity contribution in [3.8, 4) is 0 Å². The highest BCUT2D eigenvalue weighted by Crippen LogP contribution is 2.39. The summed E-state index contributed by atoms with van der Waals surface area (Å²) >= 11 is 11.8. The number of carbonyl (C=O) groups excluding carboxylic acids is 4. The molecule has 3 rings (SSSR count). The van der Waals surface area contributed by atoms with Crippen LogP contribution in [0.25, 0.3) is 0 Å². The first-order valence-electron chi connectivity index (χ1n) is 7.42. The fraction of sp³-hybridized carbons (Fsp3) is 0.250. The maximum absolute atomic E-state index is 13.1. The molecule has 0 saturated carbocycles. The number of esters is 1. The van der Waals surface area contributed by atoms with Gasteiger partial charge in [0.1, 0.15) is 5.70 Å². The molecule has 1 fully saturated rings. The molecule has 10 heteroatoms. The lowest BCUT2D eigenvalue weighted by Crippen LogP contribution is -2.56. The molecule has 2 aliphatic rings. The van der Waals surface area contributed by atoms with Crippen LogP contribution in [0.2, 0.25) is 10.0 Å². The minimum absolute atomic E-state index is 0.0974. The summed E-state index contributed by atoms with van der Waals surface area (Å²) in [6, 6.07) is 4.30. The summed E-state index contributed by atoms with van der Waals surface area (Å²) in [7, 11) is 1.16. The van der Waals surface area contributed by atoms with Gasteiger partial charge < -0.3 is 4.74 Å². The maximum Gasteiger partial charge on any atom is 0.355 e. The number of rotatable bonds is 2. The summed E-state index contributed by atoms with van der Waals surface area (Å²) in [4.78, 5) is 50.4. The number of anilines is 1. The molecule has 2 aliphatic heterocycles. The molecule has 26 heavy (non-hydrogen) atoms. The fourth-order valence-corrected chi connectivity index (χ4v) is 3.29. The largest absolute Gasteiger partial charge is 0.464 e. The zero-order valence-electron chi connectivity index (χ0n) is 13.7. The van der Waals surface area contributed by atoms with Crippen LogP contribution < -0.4 is 10.3 Å². The van der Waals surface area contributed by atoms with Crippen LogP contribution in [0.4, 0.5) is 5.69 Å². The molecule has 136 valence electrons. The lowest BCUT2D eigenvalue weighted by Gasteiger charge is -2.30. The lowest BCUT2D eigenvalue weighted by atomic mass is 9.96. The third-order valence-electron chi connectivity index (χ3n) is 4.14. The zero-order valence-corrected chi connectivity index (χ0v) is 15.2. The highest BCUT2D eigenvalue weighted by atomic mass is 35.5. The Kier molecular flexibility index (Phi) is 4.41. The minimum atomic E-state index is -1.65. The van der Waals surface area contributed by atoms with Crippen LogP contribution in [-0.4, -0.2) is 41.3 Å². The Morgan fingerprint density at radius 3 is 2.50 bits per heavy atom. The number of ether oxygens (including phenoxy) is 1. The van der Waals surface area contributed by atoms with Crippen molar-refractivity contribution in [3.63, 3.8) is 0 Å². The van der Waals surface area contributed by atoms with Gasteiger partial charge in [-0.2, -0.15) is 0 Å². The number of hydrogen-bond donors (Lipinski definition) is 1. The van der Waals surface area contributed by atoms with E-state index in [-0.39, 0.29) is 27.9 Å². The average Bonchev–Trinajstić information content (AvgIpc) is 3.08. The van der Waals surface area contributed by atoms with Gasteiger partial charge in [0, 0.05) is 6.92 Å². The molecule has 1 spiro atoms. The number of halogens is 2. The number of carbonyl (C=O) groups is 4. The Morgan fingerprint density at radius 2 is 1.92 bits per heavy atom. The summed E-state index contributed by atoms with van der Waals surface area (Å²) in [5, 5.41) is 1.39. The van der Waals surface area contributed by atoms with Gasteiger partial charge in [0.25, 0.3) is 5.91 Å². The fourth-order valence-electron chi connectivity index (χ4n) is 2.99. The first-order valence-corrected chi connectivity index (χ1v) is 8.18. The molecule has 0 bridgehead atoms. The van der Waals surface area contributed by atoms with E-state index in [1.165, 1.54) is 31.2 Å². The van der Waals surface area contributed by atoms with Gasteiger partial charge in [-0.1, -0.05) is 23.2 Å². The van der Waals surface area contributed by atoms with Gasteiger partial charge in [0.15, 0.2) is 5.54 Å². The van der Waals surface area contributed by atoms with Crippen molar-refractivity contribution in [3.05, 3.63) is 40.0 Å². The topological polar surface area (TPSA) is 96.0 Å². The van der Waals surface area contributed by atoms with Crippen molar-refractivity contribution < 1.29 is 23.9 Å². The van der Waals surface area contributed by atoms with E-state index < -0.39 is 29.2 Å². The summed E-state index contributed by atoms with van der Waals surface area (Å²) in [6.07, 6.45) is 0.900. The van der Waals surface area contributed by atoms with Crippen molar-refractivity contribution in [1.82, 2.24) is 10.4 Å². The van der Waals surface area contributed by atoms with Crippen LogP contribution in [0.5, 0.6) is 0 Å². The normalized spacial score (nSPS) is 21.9. The monoisotopic (exact) mass is 397 g/mol. The third kappa shape index (κ3) is 2.62. The second-order valence-corrected chi connectivity index (χ2v) is 6.56. The molecule has 0 aromatic heterocycles. The van der Waals surface area contributed by atoms with Gasteiger partial charge >= 0.3 is 5.97 Å². The van der Waals surface area contributed by atoms with E-state index in [2.05, 4.69) is 10.2 Å². The van der Waals surface area contributed by atoms with Crippen molar-refractivity contribution in [1.29, 1.82) is 0 Å². The summed E-state index contributed by atoms with van der Waals surface area (Å²) in [5.74, 6) is -2.55. The smallest absolute Gasteiger partial charge is 0.355 e. The van der Waals surface area contributed by atoms with Crippen molar-refractivity contribution >= 4 is 52.6 Å². The molecule has 1 saturated heterocycles. The Morgan fingerprint density at radius 1 is 1.23 bits per heavy atom. The Labute approximate surface area is 158 Å². The van der Waals surface area contributed by atoms with Crippen LogP contribution >= 0.6 is 23.2 Å². The molecule has 3 amide bonds. The molecule has 1 aromatic carbocycles. The van der Waals surface area contributed by atoms with Crippen molar-refractivity contribution in [2.45, 2.75) is 18.9 Å². The van der Waals surface area contributed by atoms with Gasteiger partial charge in [-0.3, -0.25) is 19.8 Å². The van der Waals surface area contributed by atoms with Gasteiger partial charge in [0.05, 0.1) is 29.3 Å². The lowest BCUT2D eigenvalue weighted by molar-refractivity contribution is -0.143. The average molecular weight is 398 g/mol. The first kappa shape index (κ1) is 18.2. The van der Waals surface area contributed by atoms with Crippen LogP contribution in [0, 0.1) is 0 Å². The number of nitrogens with zero attached hydrogens (tertiary/aromatic N) is 2. The van der Waals surface area contributed by atoms with E-state index in [4.69, 9.17) is 23.2 Å². The number of hydrogen-bond acceptors (Lipinski definition) is 6. The quantitative estimate of drug-likeness (QED) is 0.598. The van der Waals surface area contributed by atoms with Gasteiger partial charge in [-0.15, -0.1) is 0 Å². The second-order valence-electron chi connectivity index (χ2n) is 5.75. The molecular weight excluding hydrogens is 385 g/mol. The third-order valence-corrected chi connectivity index (χ3v) is 4.88. The predicted molar refractivity (Wildman–Crippen MR) is 92.1 cm³/mol. The van der Waals surface area contributed by atoms with Crippen LogP contribution in [0.1, 0.15) is 13.3 Å². The van der Waals surface area contributed by atoms with Gasteiger partial charge in [0.2, 0.25) is 11.8 Å². The summed E-state index contributed by atoms with van der Waals surface area (Å²) < 4.78 is 4.62. The highest BCUT2D eigenvalue weighted by Gasteiger charge is 2.59. The molecule has 8 nitrogen and oxygen atoms in total. The van der Waals surface area contributed by atoms with Gasteiger partial charge in [-0.25, -0.2) is 14.7 Å². The Hall–Kier alpha value is -2.58. The van der Waals surface area contributed by atoms with E-state index in [0.29, 0.717) is 0 Å². The number of nitrogens with one attached hydrogen (secondary N) is 1. The van der Waals surface area contributed by atoms with Crippen molar-refractivity contribution in [2.75, 3.05) is 12.0 Å². The van der Waals surface area contributed by atoms with E-state index in [1.54, 1.807) is 0 Å². The predicted octanol–water partition coefficient (Wildman–Crippen LogP) is 1.42. The molecular formula is C16H13Cl2N3O5. The number of amides is 3. The standard InChI is InChI=1S/C16H13Cl2N3O5/c1-8(22)21-16(6-12(19-21)14(24)26-2)7-13(23)20(15(16)25)9-3-4-10(17)11(18)5-9/h3-6,19H,7H2,1-2H3/t16-/m0/s1. The molecule has 0 unspecified atom stereocenters. The van der Waals surface area contributed by atoms with Crippen LogP contribution in [0.3, 0.4) is 0 Å². The number of benzene rings is 1. The molecule has 1 atom stereocenters. The highest BCUT2D eigenvalue weighted by molar-refractivity contribution is 6.42. The Balaban J connectivity index is 2.07. The summed E-state index contributed by atoms with van der Waals surface area (Å²) in [5.41, 5.74) is 1.01. The zero-order chi connectivity index (χ0) is 19.2. The Bertz CT molecular complexity index is 885. The molecule has 2 heterocycles. The molecule has 1 N–H and O–H groups in total. The van der Waals surface area contributed by atoms with E-state index >= 15 is 0 Å². The number of methoxy groups -OCH3 is 1. The summed E-state index contributed by atoms with van der Waals surface area (Å²) in [6.45, 7) is 1.21. The van der Waals surface area contributed by atoms with E-state index in [0.717, 1.165) is 17.0 Å². The van der Waals surface area contributed by atoms with Gasteiger partial charge in [-0.05, 0) is 24.3 Å². The van der Waals surface area contributed by atoms with Crippen LogP contribution in [-0.2, 0) is 23.9 Å². The number of imide groups is 1. The maximum atomic E-state index is 13.1. The second kappa shape index (κ2) is 6.30. The first-order chi connectivity index (χ1) is 12.2. The molecule has 0 radical (unpaired) electrons. The van der Waals surface area contributed by atoms with Crippen LogP contribution in [0.15, 0.2) is 30.0 Å². The molecule has 0 aliphatic carbocycles. The van der Waals surface area contributed by atoms with Crippen molar-refractivity contribution in [2.24, 2.45) is 0 Å². The molecule has 1 aromatic rings. The SMILES string of the molecule is COC(=O)C1=C[C@@]2(CC(=O)N(c3ccc(Cl)c(Cl)c3)C2=O)N(C(C)=O)N1. The minimum Gasteiger partial charge on any atom is -0.464 e. The number of hydrazine groups is 1. The van der Waals surface area contributed by atoms with E-state index in [9.17, 15) is 19.2 Å².